The summed E-state index contributed by atoms with van der Waals surface area (Å²) in [5, 5.41) is 10.6. The number of esters is 1. The fourth-order valence-electron chi connectivity index (χ4n) is 0.994. The molecule has 1 rings (SSSR count). The van der Waals surface area contributed by atoms with Crippen LogP contribution in [0.25, 0.3) is 0 Å². The SMILES string of the molecule is O=C(OCCI)c1ccc(Cl)c([N+](=O)[O-])c1. The van der Waals surface area contributed by atoms with Crippen LogP contribution < -0.4 is 0 Å². The second-order valence-corrected chi connectivity index (χ2v) is 4.23. The van der Waals surface area contributed by atoms with Crippen molar-refractivity contribution in [2.45, 2.75) is 0 Å². The lowest BCUT2D eigenvalue weighted by molar-refractivity contribution is -0.384. The standard InChI is InChI=1S/C9H7ClINO4/c10-7-2-1-6(5-8(7)12(14)15)9(13)16-4-3-11/h1-2,5H,3-4H2. The molecule has 0 atom stereocenters. The van der Waals surface area contributed by atoms with Crippen molar-refractivity contribution in [1.82, 2.24) is 0 Å². The van der Waals surface area contributed by atoms with Crippen LogP contribution in [0.3, 0.4) is 0 Å². The van der Waals surface area contributed by atoms with E-state index in [0.717, 1.165) is 6.07 Å². The van der Waals surface area contributed by atoms with Crippen molar-refractivity contribution in [3.05, 3.63) is 38.9 Å². The van der Waals surface area contributed by atoms with E-state index in [2.05, 4.69) is 22.6 Å². The maximum absolute atomic E-state index is 11.4. The molecule has 0 radical (unpaired) electrons. The first-order valence-corrected chi connectivity index (χ1v) is 6.13. The van der Waals surface area contributed by atoms with Crippen LogP contribution in [0.1, 0.15) is 10.4 Å². The Morgan fingerprint density at radius 2 is 2.25 bits per heavy atom. The molecule has 0 aliphatic heterocycles. The minimum atomic E-state index is -0.641. The molecule has 0 bridgehead atoms. The van der Waals surface area contributed by atoms with E-state index in [1.165, 1.54) is 12.1 Å². The minimum Gasteiger partial charge on any atom is -0.461 e. The summed E-state index contributed by atoms with van der Waals surface area (Å²) in [6, 6.07) is 3.81. The maximum atomic E-state index is 11.4. The normalized spacial score (nSPS) is 9.88. The number of rotatable bonds is 4. The van der Waals surface area contributed by atoms with Gasteiger partial charge in [-0.25, -0.2) is 4.79 Å². The molecular weight excluding hydrogens is 348 g/mol. The van der Waals surface area contributed by atoms with E-state index in [1.807, 2.05) is 0 Å². The molecule has 0 aliphatic carbocycles. The number of benzene rings is 1. The van der Waals surface area contributed by atoms with Crippen LogP contribution in [0, 0.1) is 10.1 Å². The average molecular weight is 356 g/mol. The van der Waals surface area contributed by atoms with E-state index in [-0.39, 0.29) is 22.9 Å². The number of alkyl halides is 1. The molecule has 0 heterocycles. The van der Waals surface area contributed by atoms with Gasteiger partial charge in [0.25, 0.3) is 5.69 Å². The number of nitro groups is 1. The second kappa shape index (κ2) is 6.00. The number of nitro benzene ring substituents is 1. The van der Waals surface area contributed by atoms with Crippen LogP contribution in [0.5, 0.6) is 0 Å². The number of nitrogens with zero attached hydrogens (tertiary/aromatic N) is 1. The second-order valence-electron chi connectivity index (χ2n) is 2.75. The van der Waals surface area contributed by atoms with Gasteiger partial charge >= 0.3 is 5.97 Å². The zero-order chi connectivity index (χ0) is 12.1. The van der Waals surface area contributed by atoms with Crippen LogP contribution >= 0.6 is 34.2 Å². The summed E-state index contributed by atoms with van der Waals surface area (Å²) >= 11 is 7.66. The molecule has 0 saturated heterocycles. The molecule has 86 valence electrons. The van der Waals surface area contributed by atoms with Gasteiger partial charge in [0.05, 0.1) is 10.5 Å². The fraction of sp³-hybridized carbons (Fsp3) is 0.222. The number of hydrogen-bond acceptors (Lipinski definition) is 4. The van der Waals surface area contributed by atoms with E-state index in [9.17, 15) is 14.9 Å². The van der Waals surface area contributed by atoms with Crippen molar-refractivity contribution in [2.24, 2.45) is 0 Å². The molecule has 1 aromatic rings. The van der Waals surface area contributed by atoms with Gasteiger partial charge in [-0.3, -0.25) is 10.1 Å². The van der Waals surface area contributed by atoms with Crippen molar-refractivity contribution in [1.29, 1.82) is 0 Å². The van der Waals surface area contributed by atoms with Gasteiger partial charge in [-0.05, 0) is 12.1 Å². The van der Waals surface area contributed by atoms with E-state index >= 15 is 0 Å². The zero-order valence-electron chi connectivity index (χ0n) is 7.98. The largest absolute Gasteiger partial charge is 0.461 e. The van der Waals surface area contributed by atoms with Crippen LogP contribution in [-0.2, 0) is 4.74 Å². The predicted molar refractivity (Wildman–Crippen MR) is 67.3 cm³/mol. The summed E-state index contributed by atoms with van der Waals surface area (Å²) in [7, 11) is 0. The Hall–Kier alpha value is -0.890. The summed E-state index contributed by atoms with van der Waals surface area (Å²) < 4.78 is 5.51. The Bertz CT molecular complexity index is 424. The third kappa shape index (κ3) is 3.31. The first-order valence-electron chi connectivity index (χ1n) is 4.23. The molecule has 7 heteroatoms. The Kier molecular flexibility index (Phi) is 4.94. The first kappa shape index (κ1) is 13.2. The molecule has 0 aliphatic rings. The molecule has 0 amide bonds. The van der Waals surface area contributed by atoms with E-state index in [0.29, 0.717) is 4.43 Å². The highest BCUT2D eigenvalue weighted by Gasteiger charge is 2.16. The molecule has 5 nitrogen and oxygen atoms in total. The summed E-state index contributed by atoms with van der Waals surface area (Å²) in [6.45, 7) is 0.274. The highest BCUT2D eigenvalue weighted by molar-refractivity contribution is 14.1. The van der Waals surface area contributed by atoms with Gasteiger partial charge in [-0.1, -0.05) is 34.2 Å². The lowest BCUT2D eigenvalue weighted by atomic mass is 10.2. The molecule has 0 unspecified atom stereocenters. The molecule has 1 aromatic carbocycles. The Balaban J connectivity index is 2.94. The van der Waals surface area contributed by atoms with Crippen LogP contribution in [0.15, 0.2) is 18.2 Å². The van der Waals surface area contributed by atoms with E-state index < -0.39 is 10.9 Å². The van der Waals surface area contributed by atoms with Gasteiger partial charge in [0.15, 0.2) is 0 Å². The van der Waals surface area contributed by atoms with Crippen LogP contribution in [0.4, 0.5) is 5.69 Å². The van der Waals surface area contributed by atoms with Crippen molar-refractivity contribution >= 4 is 45.8 Å². The summed E-state index contributed by atoms with van der Waals surface area (Å²) in [6.07, 6.45) is 0. The van der Waals surface area contributed by atoms with Crippen LogP contribution in [-0.4, -0.2) is 21.9 Å². The minimum absolute atomic E-state index is 0.00422. The van der Waals surface area contributed by atoms with Crippen molar-refractivity contribution in [3.63, 3.8) is 0 Å². The number of carbonyl (C=O) groups is 1. The highest BCUT2D eigenvalue weighted by Crippen LogP contribution is 2.25. The molecule has 0 saturated carbocycles. The third-order valence-electron chi connectivity index (χ3n) is 1.69. The molecule has 0 spiro atoms. The summed E-state index contributed by atoms with van der Waals surface area (Å²) in [5.74, 6) is -0.587. The monoisotopic (exact) mass is 355 g/mol. The third-order valence-corrected chi connectivity index (χ3v) is 2.45. The Labute approximate surface area is 110 Å². The molecule has 0 aromatic heterocycles. The van der Waals surface area contributed by atoms with Crippen molar-refractivity contribution < 1.29 is 14.5 Å². The highest BCUT2D eigenvalue weighted by atomic mass is 127. The zero-order valence-corrected chi connectivity index (χ0v) is 10.9. The lowest BCUT2D eigenvalue weighted by Crippen LogP contribution is -2.07. The Morgan fingerprint density at radius 3 is 2.81 bits per heavy atom. The number of halogens is 2. The van der Waals surface area contributed by atoms with E-state index in [4.69, 9.17) is 16.3 Å². The molecule has 0 fully saturated rings. The predicted octanol–water partition coefficient (Wildman–Crippen LogP) is 2.84. The van der Waals surface area contributed by atoms with Crippen molar-refractivity contribution in [3.8, 4) is 0 Å². The van der Waals surface area contributed by atoms with Crippen LogP contribution in [0.2, 0.25) is 5.02 Å². The van der Waals surface area contributed by atoms with Gasteiger partial charge < -0.3 is 4.74 Å². The first-order chi connectivity index (χ1) is 7.56. The van der Waals surface area contributed by atoms with Crippen molar-refractivity contribution in [2.75, 3.05) is 11.0 Å². The van der Waals surface area contributed by atoms with E-state index in [1.54, 1.807) is 0 Å². The number of hydrogen-bond donors (Lipinski definition) is 0. The lowest BCUT2D eigenvalue weighted by Gasteiger charge is -2.02. The number of ether oxygens (including phenoxy) is 1. The fourth-order valence-corrected chi connectivity index (χ4v) is 1.40. The van der Waals surface area contributed by atoms with Gasteiger partial charge in [-0.15, -0.1) is 0 Å². The molecule has 16 heavy (non-hydrogen) atoms. The van der Waals surface area contributed by atoms with Gasteiger partial charge in [0, 0.05) is 10.5 Å². The quantitative estimate of drug-likeness (QED) is 0.274. The molecule has 0 N–H and O–H groups in total. The van der Waals surface area contributed by atoms with Gasteiger partial charge in [-0.2, -0.15) is 0 Å². The molecular formula is C9H7ClINO4. The summed E-state index contributed by atoms with van der Waals surface area (Å²) in [4.78, 5) is 21.3. The summed E-state index contributed by atoms with van der Waals surface area (Å²) in [5.41, 5.74) is -0.174. The topological polar surface area (TPSA) is 69.4 Å². The Morgan fingerprint density at radius 1 is 1.56 bits per heavy atom. The van der Waals surface area contributed by atoms with Gasteiger partial charge in [0.2, 0.25) is 0 Å². The van der Waals surface area contributed by atoms with Gasteiger partial charge in [0.1, 0.15) is 11.6 Å². The smallest absolute Gasteiger partial charge is 0.338 e. The maximum Gasteiger partial charge on any atom is 0.338 e. The average Bonchev–Trinajstić information content (AvgIpc) is 2.26. The number of carbonyl (C=O) groups excluding carboxylic acids is 1.